The van der Waals surface area contributed by atoms with Crippen molar-refractivity contribution in [3.8, 4) is 17.2 Å². The summed E-state index contributed by atoms with van der Waals surface area (Å²) in [5.41, 5.74) is 1.78. The molecule has 1 atom stereocenters. The lowest BCUT2D eigenvalue weighted by atomic mass is 10.1. The van der Waals surface area contributed by atoms with Gasteiger partial charge in [-0.2, -0.15) is 4.20 Å². The molecule has 1 heterocycles. The van der Waals surface area contributed by atoms with E-state index in [2.05, 4.69) is 43.2 Å². The first-order chi connectivity index (χ1) is 39.4. The molecule has 0 radical (unpaired) electrons. The van der Waals surface area contributed by atoms with E-state index in [-0.39, 0.29) is 13.2 Å². The fourth-order valence-corrected chi connectivity index (χ4v) is 9.30. The SMILES string of the molecule is CCCCCCCCCCCCOc1cc(Cn2cc(COCCOCCOCCOCCOCCOCCOCCOCCP(=O)(O)F)nn2)cc(OCCCCCCCCCCCC)c1OCCCCCCCCCCCC. The van der Waals surface area contributed by atoms with Gasteiger partial charge in [0.25, 0.3) is 0 Å². The van der Waals surface area contributed by atoms with Crippen LogP contribution in [0.4, 0.5) is 4.20 Å². The second-order valence-electron chi connectivity index (χ2n) is 21.1. The third-order valence-corrected chi connectivity index (χ3v) is 14.4. The van der Waals surface area contributed by atoms with Gasteiger partial charge >= 0.3 is 7.68 Å². The summed E-state index contributed by atoms with van der Waals surface area (Å²) in [6.45, 7) is 15.2. The Balaban J connectivity index is 1.79. The molecule has 18 heteroatoms. The van der Waals surface area contributed by atoms with Crippen LogP contribution in [0.1, 0.15) is 225 Å². The highest BCUT2D eigenvalue weighted by atomic mass is 31.2. The van der Waals surface area contributed by atoms with E-state index in [0.29, 0.717) is 119 Å². The molecule has 0 spiro atoms. The largest absolute Gasteiger partial charge is 0.490 e. The lowest BCUT2D eigenvalue weighted by molar-refractivity contribution is -0.0234. The fraction of sp³-hybridized carbons (Fsp3) is 0.871. The quantitative estimate of drug-likeness (QED) is 0.0490. The maximum atomic E-state index is 12.5. The predicted molar refractivity (Wildman–Crippen MR) is 319 cm³/mol. The van der Waals surface area contributed by atoms with Crippen LogP contribution in [-0.4, -0.2) is 145 Å². The van der Waals surface area contributed by atoms with E-state index < -0.39 is 13.8 Å². The number of benzene rings is 1. The second kappa shape index (κ2) is 55.7. The zero-order chi connectivity index (χ0) is 57.3. The van der Waals surface area contributed by atoms with Crippen molar-refractivity contribution in [3.05, 3.63) is 29.6 Å². The normalized spacial score (nSPS) is 12.4. The molecule has 0 aliphatic rings. The van der Waals surface area contributed by atoms with Gasteiger partial charge in [-0.3, -0.25) is 4.57 Å². The molecule has 0 amide bonds. The van der Waals surface area contributed by atoms with Crippen LogP contribution in [0.2, 0.25) is 0 Å². The molecule has 16 nitrogen and oxygen atoms in total. The molecule has 468 valence electrons. The van der Waals surface area contributed by atoms with Gasteiger partial charge in [-0.1, -0.05) is 199 Å². The van der Waals surface area contributed by atoms with Gasteiger partial charge in [0.05, 0.1) is 144 Å². The maximum absolute atomic E-state index is 12.5. The second-order valence-corrected chi connectivity index (χ2v) is 22.8. The molecule has 2 rings (SSSR count). The van der Waals surface area contributed by atoms with Gasteiger partial charge in [-0.25, -0.2) is 4.68 Å². The molecule has 0 bridgehead atoms. The Labute approximate surface area is 485 Å². The Hall–Kier alpha value is -2.44. The van der Waals surface area contributed by atoms with E-state index in [9.17, 15) is 8.76 Å². The molecule has 1 unspecified atom stereocenters. The third-order valence-electron chi connectivity index (χ3n) is 13.6. The molecule has 0 aliphatic carbocycles. The Morgan fingerprint density at radius 2 is 0.713 bits per heavy atom. The summed E-state index contributed by atoms with van der Waals surface area (Å²) in [6, 6.07) is 4.23. The molecule has 2 aromatic rings. The minimum Gasteiger partial charge on any atom is -0.490 e. The molecule has 80 heavy (non-hydrogen) atoms. The van der Waals surface area contributed by atoms with Gasteiger partial charge < -0.3 is 57.0 Å². The molecule has 1 aromatic heterocycles. The average molecular weight is 1160 g/mol. The van der Waals surface area contributed by atoms with Crippen LogP contribution < -0.4 is 14.2 Å². The zero-order valence-electron chi connectivity index (χ0n) is 50.8. The van der Waals surface area contributed by atoms with Crippen LogP contribution in [-0.2, 0) is 55.6 Å². The van der Waals surface area contributed by atoms with E-state index in [1.807, 2.05) is 10.9 Å². The zero-order valence-corrected chi connectivity index (χ0v) is 51.7. The van der Waals surface area contributed by atoms with Crippen molar-refractivity contribution in [2.45, 2.75) is 227 Å². The Bertz CT molecular complexity index is 1630. The number of ether oxygens (including phenoxy) is 11. The summed E-state index contributed by atoms with van der Waals surface area (Å²) in [7, 11) is -4.52. The predicted octanol–water partition coefficient (Wildman–Crippen LogP) is 15.0. The lowest BCUT2D eigenvalue weighted by Crippen LogP contribution is -2.15. The van der Waals surface area contributed by atoms with Gasteiger partial charge in [0.15, 0.2) is 11.5 Å². The van der Waals surface area contributed by atoms with Gasteiger partial charge in [0, 0.05) is 0 Å². The third kappa shape index (κ3) is 47.0. The number of hydrogen-bond acceptors (Lipinski definition) is 14. The molecule has 1 aromatic carbocycles. The minimum absolute atomic E-state index is 0.122. The highest BCUT2D eigenvalue weighted by Gasteiger charge is 2.18. The number of hydrogen-bond donors (Lipinski definition) is 1. The molecule has 0 saturated carbocycles. The Morgan fingerprint density at radius 1 is 0.412 bits per heavy atom. The van der Waals surface area contributed by atoms with E-state index >= 15 is 0 Å². The van der Waals surface area contributed by atoms with Crippen molar-refractivity contribution in [1.82, 2.24) is 15.0 Å². The average Bonchev–Trinajstić information content (AvgIpc) is 3.94. The highest BCUT2D eigenvalue weighted by molar-refractivity contribution is 7.52. The van der Waals surface area contributed by atoms with E-state index in [4.69, 9.17) is 57.0 Å². The number of rotatable bonds is 64. The number of unbranched alkanes of at least 4 members (excludes halogenated alkanes) is 27. The number of aromatic nitrogens is 3. The monoisotopic (exact) mass is 1160 g/mol. The van der Waals surface area contributed by atoms with Crippen molar-refractivity contribution >= 4 is 7.68 Å². The van der Waals surface area contributed by atoms with E-state index in [1.165, 1.54) is 173 Å². The summed E-state index contributed by atoms with van der Waals surface area (Å²) < 4.78 is 88.9. The minimum atomic E-state index is -4.52. The van der Waals surface area contributed by atoms with E-state index in [1.54, 1.807) is 0 Å². The summed E-state index contributed by atoms with van der Waals surface area (Å²) in [5.74, 6) is 2.25. The summed E-state index contributed by atoms with van der Waals surface area (Å²) in [6.07, 6.45) is 39.8. The fourth-order valence-electron chi connectivity index (χ4n) is 8.95. The highest BCUT2D eigenvalue weighted by Crippen LogP contribution is 2.41. The van der Waals surface area contributed by atoms with Crippen LogP contribution >= 0.6 is 7.68 Å². The number of nitrogens with zero attached hydrogens (tertiary/aromatic N) is 3. The lowest BCUT2D eigenvalue weighted by Gasteiger charge is -2.19. The molecule has 1 N–H and O–H groups in total. The first kappa shape index (κ1) is 73.7. The van der Waals surface area contributed by atoms with Crippen molar-refractivity contribution in [2.75, 3.05) is 125 Å². The Kier molecular flexibility index (Phi) is 51.3. The van der Waals surface area contributed by atoms with Gasteiger partial charge in [0.1, 0.15) is 5.69 Å². The van der Waals surface area contributed by atoms with Crippen LogP contribution in [0.3, 0.4) is 0 Å². The smallest absolute Gasteiger partial charge is 0.367 e. The molecule has 0 aliphatic heterocycles. The standard InChI is InChI=1S/C62H115FN3O13P/c1-4-7-10-13-16-19-22-25-28-31-34-77-60-53-58(54-61(78-35-32-29-26-23-20-17-14-11-8-5-2)62(60)79-36-33-30-27-24-21-18-15-12-9-6-3)55-66-56-59(64-65-66)57-76-50-49-74-46-45-72-42-41-70-38-37-69-39-40-71-43-44-73-47-48-75-51-52-80(63,67)68/h53-54,56H,4-52,55,57H2,1-3H3,(H,67,68). The first-order valence-electron chi connectivity index (χ1n) is 31.9. The molecular formula is C62H115FN3O13P. The molecule has 0 saturated heterocycles. The van der Waals surface area contributed by atoms with Crippen molar-refractivity contribution in [2.24, 2.45) is 0 Å². The van der Waals surface area contributed by atoms with Crippen molar-refractivity contribution in [3.63, 3.8) is 0 Å². The Morgan fingerprint density at radius 3 is 1.05 bits per heavy atom. The first-order valence-corrected chi connectivity index (χ1v) is 33.7. The molecular weight excluding hydrogens is 1040 g/mol. The summed E-state index contributed by atoms with van der Waals surface area (Å²) >= 11 is 0. The summed E-state index contributed by atoms with van der Waals surface area (Å²) in [5, 5.41) is 8.87. The van der Waals surface area contributed by atoms with E-state index in [0.717, 1.165) is 47.8 Å². The van der Waals surface area contributed by atoms with Crippen LogP contribution in [0.15, 0.2) is 18.3 Å². The van der Waals surface area contributed by atoms with Gasteiger partial charge in [0.2, 0.25) is 5.75 Å². The van der Waals surface area contributed by atoms with Crippen LogP contribution in [0.5, 0.6) is 17.2 Å². The van der Waals surface area contributed by atoms with Gasteiger partial charge in [-0.15, -0.1) is 5.10 Å². The van der Waals surface area contributed by atoms with Crippen LogP contribution in [0, 0.1) is 0 Å². The molecule has 0 fully saturated rings. The maximum Gasteiger partial charge on any atom is 0.367 e. The van der Waals surface area contributed by atoms with Crippen LogP contribution in [0.25, 0.3) is 0 Å². The summed E-state index contributed by atoms with van der Waals surface area (Å²) in [4.78, 5) is 8.57. The van der Waals surface area contributed by atoms with Crippen molar-refractivity contribution in [1.29, 1.82) is 0 Å². The van der Waals surface area contributed by atoms with Crippen molar-refractivity contribution < 1.29 is 65.8 Å². The number of halogens is 1. The topological polar surface area (TPSA) is 170 Å². The van der Waals surface area contributed by atoms with Gasteiger partial charge in [-0.05, 0) is 37.0 Å².